The maximum Gasteiger partial charge on any atom is 0.255 e. The highest BCUT2D eigenvalue weighted by Crippen LogP contribution is 2.18. The molecule has 0 fully saturated rings. The molecule has 0 aliphatic heterocycles. The fraction of sp³-hybridized carbons (Fsp3) is 0.263. The van der Waals surface area contributed by atoms with Crippen LogP contribution in [0.15, 0.2) is 48.5 Å². The summed E-state index contributed by atoms with van der Waals surface area (Å²) in [7, 11) is 0. The van der Waals surface area contributed by atoms with Crippen LogP contribution in [-0.4, -0.2) is 25.0 Å². The Kier molecular flexibility index (Phi) is 6.37. The third kappa shape index (κ3) is 4.59. The van der Waals surface area contributed by atoms with Crippen LogP contribution in [0.5, 0.6) is 5.75 Å². The van der Waals surface area contributed by atoms with Crippen molar-refractivity contribution in [3.05, 3.63) is 59.7 Å². The molecule has 5 heteroatoms. The van der Waals surface area contributed by atoms with E-state index in [2.05, 4.69) is 10.6 Å². The van der Waals surface area contributed by atoms with Crippen LogP contribution in [0.2, 0.25) is 0 Å². The summed E-state index contributed by atoms with van der Waals surface area (Å²) in [6, 6.07) is 13.9. The molecule has 0 aliphatic carbocycles. The summed E-state index contributed by atoms with van der Waals surface area (Å²) in [4.78, 5) is 24.7. The minimum absolute atomic E-state index is 0.198. The fourth-order valence-electron chi connectivity index (χ4n) is 2.21. The standard InChI is InChI=1S/C19H22N2O3/c1-3-12-20-19(23)16-10-5-6-11-17(16)21-18(22)14-8-7-9-15(13-14)24-4-2/h5-11,13H,3-4,12H2,1-2H3,(H,20,23)(H,21,22). The molecule has 2 amide bonds. The Morgan fingerprint density at radius 2 is 1.79 bits per heavy atom. The van der Waals surface area contributed by atoms with E-state index in [1.807, 2.05) is 13.8 Å². The number of amides is 2. The van der Waals surface area contributed by atoms with Crippen LogP contribution >= 0.6 is 0 Å². The number of rotatable bonds is 7. The number of ether oxygens (including phenoxy) is 1. The molecule has 0 heterocycles. The molecule has 2 N–H and O–H groups in total. The SMILES string of the molecule is CCCNC(=O)c1ccccc1NC(=O)c1cccc(OCC)c1. The van der Waals surface area contributed by atoms with Crippen LogP contribution in [0.1, 0.15) is 41.0 Å². The third-order valence-electron chi connectivity index (χ3n) is 3.36. The van der Waals surface area contributed by atoms with Gasteiger partial charge in [0.05, 0.1) is 17.9 Å². The van der Waals surface area contributed by atoms with Gasteiger partial charge in [0.15, 0.2) is 0 Å². The van der Waals surface area contributed by atoms with Crippen molar-refractivity contribution in [1.29, 1.82) is 0 Å². The van der Waals surface area contributed by atoms with Gasteiger partial charge in [-0.15, -0.1) is 0 Å². The van der Waals surface area contributed by atoms with Gasteiger partial charge in [0.25, 0.3) is 11.8 Å². The van der Waals surface area contributed by atoms with Crippen LogP contribution in [0.25, 0.3) is 0 Å². The molecule has 0 atom stereocenters. The smallest absolute Gasteiger partial charge is 0.255 e. The lowest BCUT2D eigenvalue weighted by atomic mass is 10.1. The first kappa shape index (κ1) is 17.5. The van der Waals surface area contributed by atoms with Crippen molar-refractivity contribution in [3.63, 3.8) is 0 Å². The normalized spacial score (nSPS) is 10.1. The molecule has 0 spiro atoms. The number of anilines is 1. The topological polar surface area (TPSA) is 67.4 Å². The Bertz CT molecular complexity index is 713. The molecule has 126 valence electrons. The Hall–Kier alpha value is -2.82. The summed E-state index contributed by atoms with van der Waals surface area (Å²) in [5, 5.41) is 5.62. The molecule has 5 nitrogen and oxygen atoms in total. The molecule has 24 heavy (non-hydrogen) atoms. The molecule has 2 aromatic carbocycles. The predicted molar refractivity (Wildman–Crippen MR) is 94.6 cm³/mol. The number of carbonyl (C=O) groups excluding carboxylic acids is 2. The van der Waals surface area contributed by atoms with E-state index in [9.17, 15) is 9.59 Å². The monoisotopic (exact) mass is 326 g/mol. The molecule has 0 radical (unpaired) electrons. The van der Waals surface area contributed by atoms with Gasteiger partial charge in [-0.25, -0.2) is 0 Å². The van der Waals surface area contributed by atoms with Crippen molar-refractivity contribution < 1.29 is 14.3 Å². The quantitative estimate of drug-likeness (QED) is 0.818. The minimum atomic E-state index is -0.285. The Labute approximate surface area is 142 Å². The van der Waals surface area contributed by atoms with Crippen molar-refractivity contribution >= 4 is 17.5 Å². The fourth-order valence-corrected chi connectivity index (χ4v) is 2.21. The number of hydrogen-bond donors (Lipinski definition) is 2. The molecular weight excluding hydrogens is 304 g/mol. The van der Waals surface area contributed by atoms with E-state index in [0.29, 0.717) is 35.7 Å². The van der Waals surface area contributed by atoms with Crippen LogP contribution in [0.4, 0.5) is 5.69 Å². The Morgan fingerprint density at radius 3 is 2.54 bits per heavy atom. The average molecular weight is 326 g/mol. The summed E-state index contributed by atoms with van der Waals surface area (Å²) in [6.45, 7) is 5.00. The predicted octanol–water partition coefficient (Wildman–Crippen LogP) is 3.48. The maximum atomic E-state index is 12.5. The molecule has 0 saturated carbocycles. The molecular formula is C19H22N2O3. The van der Waals surface area contributed by atoms with Gasteiger partial charge in [0.2, 0.25) is 0 Å². The van der Waals surface area contributed by atoms with E-state index in [0.717, 1.165) is 6.42 Å². The third-order valence-corrected chi connectivity index (χ3v) is 3.36. The molecule has 0 saturated heterocycles. The Morgan fingerprint density at radius 1 is 1.00 bits per heavy atom. The lowest BCUT2D eigenvalue weighted by Crippen LogP contribution is -2.25. The van der Waals surface area contributed by atoms with Gasteiger partial charge < -0.3 is 15.4 Å². The van der Waals surface area contributed by atoms with Crippen molar-refractivity contribution in [1.82, 2.24) is 5.32 Å². The van der Waals surface area contributed by atoms with Crippen molar-refractivity contribution in [2.24, 2.45) is 0 Å². The van der Waals surface area contributed by atoms with E-state index < -0.39 is 0 Å². The van der Waals surface area contributed by atoms with Crippen LogP contribution in [0.3, 0.4) is 0 Å². The van der Waals surface area contributed by atoms with Gasteiger partial charge in [0, 0.05) is 12.1 Å². The van der Waals surface area contributed by atoms with E-state index in [-0.39, 0.29) is 11.8 Å². The molecule has 0 bridgehead atoms. The lowest BCUT2D eigenvalue weighted by Gasteiger charge is -2.12. The highest BCUT2D eigenvalue weighted by atomic mass is 16.5. The minimum Gasteiger partial charge on any atom is -0.494 e. The van der Waals surface area contributed by atoms with Crippen molar-refractivity contribution in [2.75, 3.05) is 18.5 Å². The first-order chi connectivity index (χ1) is 11.7. The van der Waals surface area contributed by atoms with Gasteiger partial charge in [-0.1, -0.05) is 25.1 Å². The summed E-state index contributed by atoms with van der Waals surface area (Å²) < 4.78 is 5.41. The van der Waals surface area contributed by atoms with E-state index >= 15 is 0 Å². The zero-order valence-corrected chi connectivity index (χ0v) is 14.0. The highest BCUT2D eigenvalue weighted by Gasteiger charge is 2.14. The zero-order chi connectivity index (χ0) is 17.4. The van der Waals surface area contributed by atoms with Crippen LogP contribution in [0, 0.1) is 0 Å². The summed E-state index contributed by atoms with van der Waals surface area (Å²) >= 11 is 0. The van der Waals surface area contributed by atoms with Gasteiger partial charge in [-0.05, 0) is 43.7 Å². The van der Waals surface area contributed by atoms with Crippen LogP contribution < -0.4 is 15.4 Å². The number of carbonyl (C=O) groups is 2. The van der Waals surface area contributed by atoms with Gasteiger partial charge in [0.1, 0.15) is 5.75 Å². The van der Waals surface area contributed by atoms with E-state index in [4.69, 9.17) is 4.74 Å². The molecule has 0 aliphatic rings. The van der Waals surface area contributed by atoms with Gasteiger partial charge in [-0.2, -0.15) is 0 Å². The second-order valence-electron chi connectivity index (χ2n) is 5.22. The lowest BCUT2D eigenvalue weighted by molar-refractivity contribution is 0.0954. The molecule has 2 aromatic rings. The second kappa shape index (κ2) is 8.72. The summed E-state index contributed by atoms with van der Waals surface area (Å²) in [6.07, 6.45) is 0.852. The van der Waals surface area contributed by atoms with E-state index in [1.165, 1.54) is 0 Å². The molecule has 0 unspecified atom stereocenters. The number of nitrogens with one attached hydrogen (secondary N) is 2. The highest BCUT2D eigenvalue weighted by molar-refractivity contribution is 6.09. The average Bonchev–Trinajstić information content (AvgIpc) is 2.60. The number of benzene rings is 2. The second-order valence-corrected chi connectivity index (χ2v) is 5.22. The summed E-state index contributed by atoms with van der Waals surface area (Å²) in [5.74, 6) is 0.155. The summed E-state index contributed by atoms with van der Waals surface area (Å²) in [5.41, 5.74) is 1.41. The van der Waals surface area contributed by atoms with Crippen molar-refractivity contribution in [3.8, 4) is 5.75 Å². The largest absolute Gasteiger partial charge is 0.494 e. The Balaban J connectivity index is 2.17. The first-order valence-electron chi connectivity index (χ1n) is 8.07. The van der Waals surface area contributed by atoms with Crippen molar-refractivity contribution in [2.45, 2.75) is 20.3 Å². The van der Waals surface area contributed by atoms with Crippen LogP contribution in [-0.2, 0) is 0 Å². The zero-order valence-electron chi connectivity index (χ0n) is 14.0. The number of para-hydroxylation sites is 1. The molecule has 2 rings (SSSR count). The maximum absolute atomic E-state index is 12.5. The molecule has 0 aromatic heterocycles. The number of hydrogen-bond acceptors (Lipinski definition) is 3. The van der Waals surface area contributed by atoms with Gasteiger partial charge >= 0.3 is 0 Å². The van der Waals surface area contributed by atoms with E-state index in [1.54, 1.807) is 48.5 Å². The first-order valence-corrected chi connectivity index (χ1v) is 8.07. The van der Waals surface area contributed by atoms with Gasteiger partial charge in [-0.3, -0.25) is 9.59 Å².